The summed E-state index contributed by atoms with van der Waals surface area (Å²) < 4.78 is 0. The first-order chi connectivity index (χ1) is 31.9. The second kappa shape index (κ2) is 16.5. The van der Waals surface area contributed by atoms with Crippen molar-refractivity contribution in [1.29, 1.82) is 0 Å². The molecule has 0 radical (unpaired) electrons. The summed E-state index contributed by atoms with van der Waals surface area (Å²) >= 11 is 0. The molecule has 10 aromatic carbocycles. The van der Waals surface area contributed by atoms with Gasteiger partial charge in [0, 0.05) is 39.5 Å². The van der Waals surface area contributed by atoms with Crippen LogP contribution in [-0.4, -0.2) is 0 Å². The lowest BCUT2D eigenvalue weighted by atomic mass is 9.82. The number of hydrogen-bond acceptors (Lipinski definition) is 3. The van der Waals surface area contributed by atoms with Gasteiger partial charge < -0.3 is 14.7 Å². The maximum Gasteiger partial charge on any atom is 0.0503 e. The summed E-state index contributed by atoms with van der Waals surface area (Å²) in [5.74, 6) is 0. The largest absolute Gasteiger partial charge is 0.310 e. The molecule has 3 nitrogen and oxygen atoms in total. The fourth-order valence-corrected chi connectivity index (χ4v) is 9.89. The highest BCUT2D eigenvalue weighted by molar-refractivity contribution is 5.94. The average Bonchev–Trinajstić information content (AvgIpc) is 3.59. The van der Waals surface area contributed by atoms with Crippen molar-refractivity contribution in [3.63, 3.8) is 0 Å². The lowest BCUT2D eigenvalue weighted by Crippen LogP contribution is -2.18. The van der Waals surface area contributed by atoms with Crippen molar-refractivity contribution in [2.45, 2.75) is 26.2 Å². The molecule has 0 N–H and O–H groups in total. The van der Waals surface area contributed by atoms with Crippen LogP contribution in [0.4, 0.5) is 51.2 Å². The highest BCUT2D eigenvalue weighted by Crippen LogP contribution is 2.53. The summed E-state index contributed by atoms with van der Waals surface area (Å²) in [5.41, 5.74) is 18.4. The van der Waals surface area contributed by atoms with Crippen LogP contribution in [0.15, 0.2) is 243 Å². The van der Waals surface area contributed by atoms with E-state index < -0.39 is 0 Å². The lowest BCUT2D eigenvalue weighted by Gasteiger charge is -2.33. The summed E-state index contributed by atoms with van der Waals surface area (Å²) in [7, 11) is 0. The lowest BCUT2D eigenvalue weighted by molar-refractivity contribution is 0.660. The first-order valence-corrected chi connectivity index (χ1v) is 22.5. The predicted octanol–water partition coefficient (Wildman–Crippen LogP) is 17.5. The zero-order valence-corrected chi connectivity index (χ0v) is 36.9. The van der Waals surface area contributed by atoms with Gasteiger partial charge in [0.15, 0.2) is 0 Å². The number of rotatable bonds is 10. The topological polar surface area (TPSA) is 9.72 Å². The smallest absolute Gasteiger partial charge is 0.0503 e. The first kappa shape index (κ1) is 39.7. The fraction of sp³-hybridized carbons (Fsp3) is 0.0645. The quantitative estimate of drug-likeness (QED) is 0.136. The number of fused-ring (bicyclic) bond motifs is 4. The van der Waals surface area contributed by atoms with E-state index in [-0.39, 0.29) is 5.41 Å². The molecule has 0 bridgehead atoms. The molecule has 0 aromatic heterocycles. The number of aryl methyl sites for hydroxylation is 1. The number of nitrogens with zero attached hydrogens (tertiary/aromatic N) is 3. The van der Waals surface area contributed by atoms with Crippen molar-refractivity contribution in [2.75, 3.05) is 14.7 Å². The Kier molecular flexibility index (Phi) is 10.1. The zero-order valence-electron chi connectivity index (χ0n) is 36.9. The molecule has 1 aliphatic carbocycles. The van der Waals surface area contributed by atoms with E-state index in [1.807, 2.05) is 0 Å². The molecule has 0 fully saturated rings. The Morgan fingerprint density at radius 3 is 1.29 bits per heavy atom. The van der Waals surface area contributed by atoms with E-state index in [1.165, 1.54) is 49.7 Å². The van der Waals surface area contributed by atoms with E-state index in [4.69, 9.17) is 0 Å². The summed E-state index contributed by atoms with van der Waals surface area (Å²) in [6.07, 6.45) is 0. The molecule has 0 saturated carbocycles. The summed E-state index contributed by atoms with van der Waals surface area (Å²) in [6, 6.07) is 88.2. The normalized spacial score (nSPS) is 12.4. The van der Waals surface area contributed by atoms with Gasteiger partial charge in [-0.2, -0.15) is 0 Å². The highest BCUT2D eigenvalue weighted by atomic mass is 15.2. The molecule has 11 rings (SSSR count). The summed E-state index contributed by atoms with van der Waals surface area (Å²) in [6.45, 7) is 6.99. The number of anilines is 9. The van der Waals surface area contributed by atoms with Crippen molar-refractivity contribution in [3.8, 4) is 22.3 Å². The third-order valence-corrected chi connectivity index (χ3v) is 13.1. The van der Waals surface area contributed by atoms with Gasteiger partial charge in [-0.15, -0.1) is 0 Å². The monoisotopic (exact) mass is 835 g/mol. The Morgan fingerprint density at radius 2 is 0.723 bits per heavy atom. The SMILES string of the molecule is Cc1cccc2c1-c1ccc(N(c3ccc(-c4ccccc4)cc3)c3cc(N(c4ccccc4)c4ccccc4)cc(N(c4ccccc4)c4ccc5ccccc5c4)c3)cc1C2(C)C. The Bertz CT molecular complexity index is 3250. The molecule has 1 aliphatic rings. The first-order valence-electron chi connectivity index (χ1n) is 22.5. The molecular weight excluding hydrogens is 787 g/mol. The van der Waals surface area contributed by atoms with Crippen molar-refractivity contribution >= 4 is 62.0 Å². The van der Waals surface area contributed by atoms with Crippen LogP contribution in [0, 0.1) is 6.92 Å². The fourth-order valence-electron chi connectivity index (χ4n) is 9.89. The van der Waals surface area contributed by atoms with Gasteiger partial charge in [0.05, 0.1) is 17.1 Å². The maximum absolute atomic E-state index is 2.45. The molecule has 0 atom stereocenters. The summed E-state index contributed by atoms with van der Waals surface area (Å²) in [4.78, 5) is 7.22. The van der Waals surface area contributed by atoms with Crippen molar-refractivity contribution in [1.82, 2.24) is 0 Å². The van der Waals surface area contributed by atoms with Gasteiger partial charge in [-0.25, -0.2) is 0 Å². The molecule has 0 spiro atoms. The zero-order chi connectivity index (χ0) is 43.9. The van der Waals surface area contributed by atoms with Gasteiger partial charge in [-0.1, -0.05) is 166 Å². The van der Waals surface area contributed by atoms with Crippen LogP contribution < -0.4 is 14.7 Å². The molecule has 65 heavy (non-hydrogen) atoms. The van der Waals surface area contributed by atoms with Crippen LogP contribution in [0.25, 0.3) is 33.0 Å². The van der Waals surface area contributed by atoms with Gasteiger partial charge in [-0.05, 0) is 148 Å². The van der Waals surface area contributed by atoms with E-state index in [0.29, 0.717) is 0 Å². The number of para-hydroxylation sites is 3. The Balaban J connectivity index is 1.19. The van der Waals surface area contributed by atoms with E-state index in [1.54, 1.807) is 0 Å². The Morgan fingerprint density at radius 1 is 0.292 bits per heavy atom. The van der Waals surface area contributed by atoms with Gasteiger partial charge in [0.25, 0.3) is 0 Å². The molecule has 0 heterocycles. The van der Waals surface area contributed by atoms with Gasteiger partial charge in [0.2, 0.25) is 0 Å². The van der Waals surface area contributed by atoms with Crippen LogP contribution in [0.2, 0.25) is 0 Å². The molecule has 0 unspecified atom stereocenters. The third kappa shape index (κ3) is 7.31. The number of benzene rings is 10. The molecule has 3 heteroatoms. The van der Waals surface area contributed by atoms with Crippen molar-refractivity contribution in [2.24, 2.45) is 0 Å². The highest BCUT2D eigenvalue weighted by Gasteiger charge is 2.37. The van der Waals surface area contributed by atoms with Crippen LogP contribution in [0.5, 0.6) is 0 Å². The minimum Gasteiger partial charge on any atom is -0.310 e. The molecule has 0 aliphatic heterocycles. The Labute approximate surface area is 382 Å². The van der Waals surface area contributed by atoms with Crippen molar-refractivity contribution < 1.29 is 0 Å². The second-order valence-electron chi connectivity index (χ2n) is 17.5. The third-order valence-electron chi connectivity index (χ3n) is 13.1. The minimum absolute atomic E-state index is 0.180. The molecular formula is C62H49N3. The van der Waals surface area contributed by atoms with Crippen LogP contribution in [0.1, 0.15) is 30.5 Å². The van der Waals surface area contributed by atoms with Gasteiger partial charge >= 0.3 is 0 Å². The van der Waals surface area contributed by atoms with Gasteiger partial charge in [-0.3, -0.25) is 0 Å². The molecule has 312 valence electrons. The Hall–Kier alpha value is -8.14. The summed E-state index contributed by atoms with van der Waals surface area (Å²) in [5, 5.41) is 2.40. The standard InChI is InChI=1S/C62H49N3/c1-44-19-18-30-59-61(44)58-38-37-54(43-60(58)62(59,2)3)65(52-34-31-47(32-35-52)45-20-8-4-9-21-45)57-41-55(63(49-24-10-5-11-25-49)50-26-12-6-13-27-50)40-56(42-57)64(51-28-14-7-15-29-51)53-36-33-46-22-16-17-23-48(46)39-53/h4-43H,1-3H3. The molecule has 0 amide bonds. The van der Waals surface area contributed by atoms with E-state index in [9.17, 15) is 0 Å². The van der Waals surface area contributed by atoms with Crippen LogP contribution in [-0.2, 0) is 5.41 Å². The average molecular weight is 836 g/mol. The second-order valence-corrected chi connectivity index (χ2v) is 17.5. The van der Waals surface area contributed by atoms with Crippen LogP contribution >= 0.6 is 0 Å². The minimum atomic E-state index is -0.180. The maximum atomic E-state index is 2.45. The molecule has 0 saturated heterocycles. The van der Waals surface area contributed by atoms with E-state index in [2.05, 4.69) is 278 Å². The van der Waals surface area contributed by atoms with E-state index in [0.717, 1.165) is 51.2 Å². The van der Waals surface area contributed by atoms with Gasteiger partial charge in [0.1, 0.15) is 0 Å². The number of hydrogen-bond donors (Lipinski definition) is 0. The molecule has 10 aromatic rings. The van der Waals surface area contributed by atoms with Crippen LogP contribution in [0.3, 0.4) is 0 Å². The van der Waals surface area contributed by atoms with E-state index >= 15 is 0 Å². The van der Waals surface area contributed by atoms with Crippen molar-refractivity contribution in [3.05, 3.63) is 259 Å². The predicted molar refractivity (Wildman–Crippen MR) is 276 cm³/mol.